The molecule has 0 aliphatic carbocycles. The van der Waals surface area contributed by atoms with Crippen LogP contribution < -0.4 is 0 Å². The van der Waals surface area contributed by atoms with Gasteiger partial charge >= 0.3 is 10.4 Å². The summed E-state index contributed by atoms with van der Waals surface area (Å²) in [6.45, 7) is 0.182. The van der Waals surface area contributed by atoms with Crippen LogP contribution in [0, 0.1) is 0 Å². The number of hydrogen-bond donors (Lipinski definition) is 0. The minimum atomic E-state index is -3.80. The van der Waals surface area contributed by atoms with Crippen molar-refractivity contribution in [1.82, 2.24) is 0 Å². The fourth-order valence-corrected chi connectivity index (χ4v) is 0.780. The Labute approximate surface area is 51.9 Å². The van der Waals surface area contributed by atoms with Crippen LogP contribution in [0.2, 0.25) is 0 Å². The Kier molecular flexibility index (Phi) is 3.01. The van der Waals surface area contributed by atoms with E-state index >= 15 is 0 Å². The zero-order valence-electron chi connectivity index (χ0n) is 4.36. The van der Waals surface area contributed by atoms with E-state index in [4.69, 9.17) is 0 Å². The van der Waals surface area contributed by atoms with Gasteiger partial charge < -0.3 is 5.48 Å². The van der Waals surface area contributed by atoms with Crippen LogP contribution in [0.5, 0.6) is 0 Å². The Morgan fingerprint density at radius 2 is 1.89 bits per heavy atom. The summed E-state index contributed by atoms with van der Waals surface area (Å²) in [7, 11) is -3.80. The lowest BCUT2D eigenvalue weighted by molar-refractivity contribution is -0.233. The third kappa shape index (κ3) is 2.72. The second-order valence-corrected chi connectivity index (χ2v) is 2.31. The third-order valence-electron chi connectivity index (χ3n) is 0.526. The van der Waals surface area contributed by atoms with Gasteiger partial charge in [0, 0.05) is 0 Å². The van der Waals surface area contributed by atoms with Gasteiger partial charge in [0.05, 0.1) is 6.61 Å². The summed E-state index contributed by atoms with van der Waals surface area (Å²) in [5, 5.41) is 0. The van der Waals surface area contributed by atoms with Gasteiger partial charge in [-0.15, -0.1) is 0 Å². The number of rotatable bonds is 0. The fourth-order valence-electron chi connectivity index (χ4n) is 0.283. The first-order chi connectivity index (χ1) is 3.71. The van der Waals surface area contributed by atoms with E-state index in [0.717, 1.165) is 0 Å². The normalized spacial score (nSPS) is 24.4. The van der Waals surface area contributed by atoms with Crippen molar-refractivity contribution >= 4 is 10.4 Å². The molecule has 6 nitrogen and oxygen atoms in total. The topological polar surface area (TPSA) is 93.3 Å². The van der Waals surface area contributed by atoms with Crippen molar-refractivity contribution in [1.29, 1.82) is 0 Å². The predicted molar refractivity (Wildman–Crippen MR) is 25.5 cm³/mol. The van der Waals surface area contributed by atoms with Gasteiger partial charge in [0.1, 0.15) is 6.61 Å². The summed E-state index contributed by atoms with van der Waals surface area (Å²) in [5.74, 6) is 0. The fraction of sp³-hybridized carbons (Fsp3) is 1.00. The zero-order valence-corrected chi connectivity index (χ0v) is 5.18. The summed E-state index contributed by atoms with van der Waals surface area (Å²) in [6, 6.07) is 0. The van der Waals surface area contributed by atoms with Gasteiger partial charge in [-0.25, -0.2) is 9.07 Å². The Bertz CT molecular complexity index is 146. The molecular formula is C2H6O6S. The molecule has 1 saturated heterocycles. The molecule has 1 rings (SSSR count). The van der Waals surface area contributed by atoms with Gasteiger partial charge in [0.15, 0.2) is 0 Å². The Balaban J connectivity index is 0.000000640. The van der Waals surface area contributed by atoms with Crippen molar-refractivity contribution in [2.75, 3.05) is 13.2 Å². The molecule has 0 radical (unpaired) electrons. The summed E-state index contributed by atoms with van der Waals surface area (Å²) in [6.07, 6.45) is 0. The van der Waals surface area contributed by atoms with E-state index in [1.54, 1.807) is 0 Å². The standard InChI is InChI=1S/C2H4O5S.H2O/c3-8(4)6-2-1-5-7-8;/h1-2H2;1H2. The zero-order chi connectivity index (χ0) is 6.04. The summed E-state index contributed by atoms with van der Waals surface area (Å²) in [4.78, 5) is 4.07. The van der Waals surface area contributed by atoms with Crippen LogP contribution in [0.25, 0.3) is 0 Å². The Morgan fingerprint density at radius 3 is 2.11 bits per heavy atom. The van der Waals surface area contributed by atoms with Gasteiger partial charge in [0.2, 0.25) is 0 Å². The molecule has 0 bridgehead atoms. The van der Waals surface area contributed by atoms with E-state index in [9.17, 15) is 8.42 Å². The van der Waals surface area contributed by atoms with E-state index in [0.29, 0.717) is 0 Å². The minimum Gasteiger partial charge on any atom is -0.412 e. The summed E-state index contributed by atoms with van der Waals surface area (Å²) < 4.78 is 28.0. The van der Waals surface area contributed by atoms with Crippen molar-refractivity contribution in [3.63, 3.8) is 0 Å². The molecule has 0 amide bonds. The maximum atomic E-state index is 10.1. The highest BCUT2D eigenvalue weighted by atomic mass is 32.3. The van der Waals surface area contributed by atoms with E-state index in [-0.39, 0.29) is 18.7 Å². The molecule has 0 spiro atoms. The molecule has 0 unspecified atom stereocenters. The van der Waals surface area contributed by atoms with Crippen molar-refractivity contribution in [2.24, 2.45) is 0 Å². The first-order valence-corrected chi connectivity index (χ1v) is 3.24. The second kappa shape index (κ2) is 3.08. The first kappa shape index (κ1) is 8.79. The highest BCUT2D eigenvalue weighted by Crippen LogP contribution is 2.01. The Hall–Kier alpha value is -0.210. The van der Waals surface area contributed by atoms with Crippen LogP contribution in [0.1, 0.15) is 0 Å². The van der Waals surface area contributed by atoms with E-state index < -0.39 is 10.4 Å². The van der Waals surface area contributed by atoms with E-state index in [1.807, 2.05) is 0 Å². The van der Waals surface area contributed by atoms with Crippen molar-refractivity contribution in [2.45, 2.75) is 0 Å². The van der Waals surface area contributed by atoms with Crippen molar-refractivity contribution in [3.05, 3.63) is 0 Å². The van der Waals surface area contributed by atoms with Gasteiger partial charge in [-0.05, 0) is 0 Å². The molecule has 0 aromatic carbocycles. The molecule has 1 aliphatic heterocycles. The molecule has 1 aliphatic rings. The Morgan fingerprint density at radius 1 is 1.22 bits per heavy atom. The van der Waals surface area contributed by atoms with Gasteiger partial charge in [0.25, 0.3) is 0 Å². The predicted octanol–water partition coefficient (Wildman–Crippen LogP) is -1.62. The monoisotopic (exact) mass is 158 g/mol. The lowest BCUT2D eigenvalue weighted by Gasteiger charge is -2.08. The largest absolute Gasteiger partial charge is 0.426 e. The second-order valence-electron chi connectivity index (χ2n) is 1.12. The highest BCUT2D eigenvalue weighted by molar-refractivity contribution is 7.81. The van der Waals surface area contributed by atoms with Crippen LogP contribution in [0.3, 0.4) is 0 Å². The maximum absolute atomic E-state index is 10.1. The van der Waals surface area contributed by atoms with Crippen LogP contribution in [-0.4, -0.2) is 27.1 Å². The third-order valence-corrected chi connectivity index (χ3v) is 1.24. The number of hydrogen-bond acceptors (Lipinski definition) is 5. The lowest BCUT2D eigenvalue weighted by atomic mass is 10.8. The highest BCUT2D eigenvalue weighted by Gasteiger charge is 2.17. The lowest BCUT2D eigenvalue weighted by Crippen LogP contribution is -2.20. The molecule has 1 fully saturated rings. The molecular weight excluding hydrogens is 152 g/mol. The molecule has 0 aromatic rings. The summed E-state index contributed by atoms with van der Waals surface area (Å²) in [5.41, 5.74) is 0. The molecule has 0 atom stereocenters. The molecule has 0 aromatic heterocycles. The average Bonchev–Trinajstić information content (AvgIpc) is 1.65. The minimum absolute atomic E-state index is 0. The van der Waals surface area contributed by atoms with Crippen molar-refractivity contribution < 1.29 is 27.3 Å². The van der Waals surface area contributed by atoms with Crippen molar-refractivity contribution in [3.8, 4) is 0 Å². The van der Waals surface area contributed by atoms with Crippen LogP contribution >= 0.6 is 0 Å². The average molecular weight is 158 g/mol. The van der Waals surface area contributed by atoms with Crippen LogP contribution in [0.15, 0.2) is 0 Å². The molecule has 9 heavy (non-hydrogen) atoms. The van der Waals surface area contributed by atoms with Gasteiger partial charge in [-0.1, -0.05) is 4.33 Å². The molecule has 1 heterocycles. The smallest absolute Gasteiger partial charge is 0.412 e. The molecule has 7 heteroatoms. The van der Waals surface area contributed by atoms with E-state index in [1.165, 1.54) is 0 Å². The van der Waals surface area contributed by atoms with E-state index in [2.05, 4.69) is 13.4 Å². The first-order valence-electron chi connectivity index (χ1n) is 1.91. The molecule has 2 N–H and O–H groups in total. The van der Waals surface area contributed by atoms with Crippen LogP contribution in [-0.2, 0) is 23.8 Å². The summed E-state index contributed by atoms with van der Waals surface area (Å²) >= 11 is 0. The molecule has 0 saturated carbocycles. The quantitative estimate of drug-likeness (QED) is 0.395. The van der Waals surface area contributed by atoms with Gasteiger partial charge in [-0.3, -0.25) is 0 Å². The SMILES string of the molecule is O.O=S1(=O)OCCOO1. The molecule has 56 valence electrons. The maximum Gasteiger partial charge on any atom is 0.426 e. The van der Waals surface area contributed by atoms with Gasteiger partial charge in [-0.2, -0.15) is 8.42 Å². The van der Waals surface area contributed by atoms with Crippen LogP contribution in [0.4, 0.5) is 0 Å².